The lowest BCUT2D eigenvalue weighted by molar-refractivity contribution is -0.00494. The lowest BCUT2D eigenvalue weighted by atomic mass is 9.92. The Morgan fingerprint density at radius 2 is 2.04 bits per heavy atom. The topological polar surface area (TPSA) is 62.8 Å². The van der Waals surface area contributed by atoms with Gasteiger partial charge in [0.1, 0.15) is 11.6 Å². The van der Waals surface area contributed by atoms with Crippen molar-refractivity contribution in [3.8, 4) is 11.4 Å². The minimum absolute atomic E-state index is 0.0415. The van der Waals surface area contributed by atoms with Gasteiger partial charge in [0.15, 0.2) is 5.82 Å². The minimum Gasteiger partial charge on any atom is -0.373 e. The summed E-state index contributed by atoms with van der Waals surface area (Å²) in [5.41, 5.74) is 0.852. The van der Waals surface area contributed by atoms with Gasteiger partial charge in [-0.3, -0.25) is 5.10 Å². The lowest BCUT2D eigenvalue weighted by Gasteiger charge is -2.30. The summed E-state index contributed by atoms with van der Waals surface area (Å²) in [7, 11) is 0. The number of rotatable bonds is 4. The molecule has 2 N–H and O–H groups in total. The predicted molar refractivity (Wildman–Crippen MR) is 84.2 cm³/mol. The number of aromatic nitrogens is 3. The number of hydrogen-bond acceptors (Lipinski definition) is 4. The van der Waals surface area contributed by atoms with Crippen LogP contribution in [0.1, 0.15) is 37.9 Å². The van der Waals surface area contributed by atoms with E-state index < -0.39 is 0 Å². The highest BCUT2D eigenvalue weighted by atomic mass is 19.1. The molecule has 6 heteroatoms. The SMILES string of the molecule is Fc1ccc(-c2n[nH]c(CNC3CCOC34CCCC4)n2)cc1. The second-order valence-corrected chi connectivity index (χ2v) is 6.46. The van der Waals surface area contributed by atoms with Crippen molar-refractivity contribution in [2.45, 2.75) is 50.3 Å². The number of nitrogens with one attached hydrogen (secondary N) is 2. The van der Waals surface area contributed by atoms with Crippen molar-refractivity contribution in [2.75, 3.05) is 6.61 Å². The Labute approximate surface area is 134 Å². The average molecular weight is 316 g/mol. The Balaban J connectivity index is 1.41. The molecule has 122 valence electrons. The molecule has 0 amide bonds. The van der Waals surface area contributed by atoms with Gasteiger partial charge in [0.25, 0.3) is 0 Å². The molecule has 1 aliphatic carbocycles. The van der Waals surface area contributed by atoms with E-state index in [-0.39, 0.29) is 11.4 Å². The van der Waals surface area contributed by atoms with Crippen LogP contribution >= 0.6 is 0 Å². The maximum atomic E-state index is 13.0. The maximum Gasteiger partial charge on any atom is 0.181 e. The van der Waals surface area contributed by atoms with E-state index in [2.05, 4.69) is 20.5 Å². The number of H-pyrrole nitrogens is 1. The zero-order valence-electron chi connectivity index (χ0n) is 13.0. The third-order valence-electron chi connectivity index (χ3n) is 5.03. The third kappa shape index (κ3) is 2.88. The summed E-state index contributed by atoms with van der Waals surface area (Å²) in [5, 5.41) is 10.8. The molecule has 2 heterocycles. The number of ether oxygens (including phenoxy) is 1. The minimum atomic E-state index is -0.255. The van der Waals surface area contributed by atoms with Crippen LogP contribution in [0.3, 0.4) is 0 Å². The van der Waals surface area contributed by atoms with Crippen molar-refractivity contribution in [3.05, 3.63) is 35.9 Å². The normalized spacial score (nSPS) is 22.9. The molecule has 1 aromatic carbocycles. The molecule has 1 saturated carbocycles. The summed E-state index contributed by atoms with van der Waals surface area (Å²) < 4.78 is 19.0. The van der Waals surface area contributed by atoms with Crippen LogP contribution in [0, 0.1) is 5.82 Å². The van der Waals surface area contributed by atoms with Crippen LogP contribution in [0.4, 0.5) is 4.39 Å². The lowest BCUT2D eigenvalue weighted by Crippen LogP contribution is -2.45. The van der Waals surface area contributed by atoms with Crippen LogP contribution in [0.25, 0.3) is 11.4 Å². The zero-order chi connectivity index (χ0) is 15.7. The fraction of sp³-hybridized carbons (Fsp3) is 0.529. The molecule has 2 aliphatic rings. The Kier molecular flexibility index (Phi) is 3.87. The third-order valence-corrected chi connectivity index (χ3v) is 5.03. The number of nitrogens with zero attached hydrogens (tertiary/aromatic N) is 2. The first-order chi connectivity index (χ1) is 11.3. The molecule has 23 heavy (non-hydrogen) atoms. The van der Waals surface area contributed by atoms with Crippen LogP contribution in [0.15, 0.2) is 24.3 Å². The first-order valence-corrected chi connectivity index (χ1v) is 8.30. The summed E-state index contributed by atoms with van der Waals surface area (Å²) in [4.78, 5) is 4.49. The van der Waals surface area contributed by atoms with E-state index >= 15 is 0 Å². The van der Waals surface area contributed by atoms with E-state index in [0.29, 0.717) is 18.4 Å². The van der Waals surface area contributed by atoms with Gasteiger partial charge in [-0.05, 0) is 43.5 Å². The fourth-order valence-electron chi connectivity index (χ4n) is 3.82. The average Bonchev–Trinajstić information content (AvgIpc) is 3.29. The molecule has 2 aromatic rings. The highest BCUT2D eigenvalue weighted by molar-refractivity contribution is 5.53. The van der Waals surface area contributed by atoms with Gasteiger partial charge in [-0.15, -0.1) is 0 Å². The second-order valence-electron chi connectivity index (χ2n) is 6.46. The van der Waals surface area contributed by atoms with Crippen molar-refractivity contribution in [1.82, 2.24) is 20.5 Å². The van der Waals surface area contributed by atoms with Gasteiger partial charge in [0, 0.05) is 18.2 Å². The van der Waals surface area contributed by atoms with E-state index in [1.54, 1.807) is 12.1 Å². The summed E-state index contributed by atoms with van der Waals surface area (Å²) in [5.74, 6) is 1.14. The largest absolute Gasteiger partial charge is 0.373 e. The van der Waals surface area contributed by atoms with E-state index in [0.717, 1.165) is 37.3 Å². The highest BCUT2D eigenvalue weighted by Gasteiger charge is 2.45. The zero-order valence-corrected chi connectivity index (χ0v) is 13.0. The summed E-state index contributed by atoms with van der Waals surface area (Å²) in [6.07, 6.45) is 5.88. The smallest absolute Gasteiger partial charge is 0.181 e. The van der Waals surface area contributed by atoms with E-state index in [1.165, 1.54) is 25.0 Å². The molecule has 1 saturated heterocycles. The van der Waals surface area contributed by atoms with E-state index in [9.17, 15) is 4.39 Å². The molecule has 1 aromatic heterocycles. The quantitative estimate of drug-likeness (QED) is 0.910. The van der Waals surface area contributed by atoms with Crippen LogP contribution in [-0.2, 0) is 11.3 Å². The number of halogens is 1. The van der Waals surface area contributed by atoms with Gasteiger partial charge in [0.2, 0.25) is 0 Å². The van der Waals surface area contributed by atoms with Crippen LogP contribution in [0.5, 0.6) is 0 Å². The van der Waals surface area contributed by atoms with Gasteiger partial charge in [-0.25, -0.2) is 9.37 Å². The molecule has 1 spiro atoms. The Hall–Kier alpha value is -1.79. The molecule has 0 radical (unpaired) electrons. The van der Waals surface area contributed by atoms with Crippen molar-refractivity contribution in [3.63, 3.8) is 0 Å². The molecular formula is C17H21FN4O. The van der Waals surface area contributed by atoms with Gasteiger partial charge >= 0.3 is 0 Å². The monoisotopic (exact) mass is 316 g/mol. The molecule has 1 aliphatic heterocycles. The molecular weight excluding hydrogens is 295 g/mol. The van der Waals surface area contributed by atoms with Crippen LogP contribution in [0.2, 0.25) is 0 Å². The van der Waals surface area contributed by atoms with Gasteiger partial charge < -0.3 is 10.1 Å². The standard InChI is InChI=1S/C17H21FN4O/c18-13-5-3-12(4-6-13)16-20-15(21-22-16)11-19-14-7-10-23-17(14)8-1-2-9-17/h3-6,14,19H,1-2,7-11H2,(H,20,21,22). The molecule has 5 nitrogen and oxygen atoms in total. The van der Waals surface area contributed by atoms with Crippen molar-refractivity contribution < 1.29 is 9.13 Å². The molecule has 1 atom stereocenters. The first kappa shape index (κ1) is 14.8. The van der Waals surface area contributed by atoms with Crippen molar-refractivity contribution >= 4 is 0 Å². The number of hydrogen-bond donors (Lipinski definition) is 2. The van der Waals surface area contributed by atoms with Gasteiger partial charge in [0.05, 0.1) is 12.1 Å². The van der Waals surface area contributed by atoms with Gasteiger partial charge in [-0.2, -0.15) is 5.10 Å². The van der Waals surface area contributed by atoms with E-state index in [1.807, 2.05) is 0 Å². The van der Waals surface area contributed by atoms with Gasteiger partial charge in [-0.1, -0.05) is 12.8 Å². The Morgan fingerprint density at radius 1 is 1.26 bits per heavy atom. The van der Waals surface area contributed by atoms with Crippen molar-refractivity contribution in [1.29, 1.82) is 0 Å². The first-order valence-electron chi connectivity index (χ1n) is 8.30. The number of benzene rings is 1. The molecule has 2 fully saturated rings. The van der Waals surface area contributed by atoms with Crippen LogP contribution < -0.4 is 5.32 Å². The second kappa shape index (κ2) is 6.02. The summed E-state index contributed by atoms with van der Waals surface area (Å²) in [6.45, 7) is 1.48. The Morgan fingerprint density at radius 3 is 2.83 bits per heavy atom. The summed E-state index contributed by atoms with van der Waals surface area (Å²) >= 11 is 0. The fourth-order valence-corrected chi connectivity index (χ4v) is 3.82. The number of aromatic amines is 1. The highest BCUT2D eigenvalue weighted by Crippen LogP contribution is 2.41. The van der Waals surface area contributed by atoms with Crippen molar-refractivity contribution in [2.24, 2.45) is 0 Å². The van der Waals surface area contributed by atoms with E-state index in [4.69, 9.17) is 4.74 Å². The maximum absolute atomic E-state index is 13.0. The Bertz CT molecular complexity index is 658. The molecule has 1 unspecified atom stereocenters. The molecule has 4 rings (SSSR count). The van der Waals surface area contributed by atoms with Crippen LogP contribution in [-0.4, -0.2) is 33.4 Å². The summed E-state index contributed by atoms with van der Waals surface area (Å²) in [6, 6.07) is 6.61. The molecule has 0 bridgehead atoms. The predicted octanol–water partition coefficient (Wildman–Crippen LogP) is 2.80.